The van der Waals surface area contributed by atoms with Crippen molar-refractivity contribution in [1.82, 2.24) is 4.98 Å². The lowest BCUT2D eigenvalue weighted by molar-refractivity contribution is 0.160. The minimum atomic E-state index is -2.24. The Labute approximate surface area is 117 Å². The monoisotopic (exact) mass is 310 g/mol. The van der Waals surface area contributed by atoms with Crippen molar-refractivity contribution in [3.8, 4) is 0 Å². The number of oxime groups is 1. The van der Waals surface area contributed by atoms with E-state index in [4.69, 9.17) is 4.84 Å². The molecule has 0 unspecified atom stereocenters. The molecule has 0 saturated carbocycles. The van der Waals surface area contributed by atoms with Gasteiger partial charge in [0.05, 0.1) is 5.69 Å². The molecule has 0 aliphatic rings. The Bertz CT molecular complexity index is 445. The van der Waals surface area contributed by atoms with Crippen molar-refractivity contribution in [2.45, 2.75) is 24.1 Å². The van der Waals surface area contributed by atoms with Gasteiger partial charge in [-0.15, -0.1) is 11.3 Å². The third-order valence-electron chi connectivity index (χ3n) is 1.86. The van der Waals surface area contributed by atoms with E-state index in [9.17, 15) is 13.2 Å². The van der Waals surface area contributed by atoms with E-state index in [1.54, 1.807) is 6.21 Å². The molecule has 0 fully saturated rings. The van der Waals surface area contributed by atoms with Crippen LogP contribution >= 0.6 is 23.1 Å². The smallest absolute Gasteiger partial charge is 0.301 e. The molecule has 106 valence electrons. The van der Waals surface area contributed by atoms with Crippen LogP contribution in [0.4, 0.5) is 13.2 Å². The predicted octanol–water partition coefficient (Wildman–Crippen LogP) is 4.27. The zero-order chi connectivity index (χ0) is 14.1. The molecule has 1 aromatic rings. The first-order valence-corrected chi connectivity index (χ1v) is 7.40. The summed E-state index contributed by atoms with van der Waals surface area (Å²) < 4.78 is 36.9. The van der Waals surface area contributed by atoms with Gasteiger partial charge in [0.15, 0.2) is 5.83 Å². The molecule has 0 atom stereocenters. The van der Waals surface area contributed by atoms with Gasteiger partial charge in [-0.1, -0.05) is 16.9 Å². The summed E-state index contributed by atoms with van der Waals surface area (Å²) in [5.74, 6) is -1.11. The van der Waals surface area contributed by atoms with Gasteiger partial charge >= 0.3 is 6.08 Å². The summed E-state index contributed by atoms with van der Waals surface area (Å²) in [6, 6.07) is 0. The molecule has 0 aliphatic carbocycles. The molecule has 3 nitrogen and oxygen atoms in total. The number of halogens is 3. The van der Waals surface area contributed by atoms with Crippen LogP contribution in [0.5, 0.6) is 0 Å². The Morgan fingerprint density at radius 1 is 1.53 bits per heavy atom. The summed E-state index contributed by atoms with van der Waals surface area (Å²) >= 11 is 2.65. The van der Waals surface area contributed by atoms with E-state index in [0.29, 0.717) is 13.0 Å². The molecule has 1 rings (SSSR count). The fourth-order valence-corrected chi connectivity index (χ4v) is 2.89. The lowest BCUT2D eigenvalue weighted by Crippen LogP contribution is -1.88. The van der Waals surface area contributed by atoms with Gasteiger partial charge in [0.2, 0.25) is 0 Å². The molecular formula is C11H13F3N2OS2. The molecule has 0 aliphatic heterocycles. The van der Waals surface area contributed by atoms with Gasteiger partial charge in [-0.3, -0.25) is 0 Å². The lowest BCUT2D eigenvalue weighted by Gasteiger charge is -1.95. The highest BCUT2D eigenvalue weighted by Gasteiger charge is 2.07. The van der Waals surface area contributed by atoms with E-state index in [2.05, 4.69) is 10.1 Å². The molecule has 0 N–H and O–H groups in total. The highest BCUT2D eigenvalue weighted by Crippen LogP contribution is 2.25. The van der Waals surface area contributed by atoms with E-state index in [1.807, 2.05) is 12.3 Å². The quantitative estimate of drug-likeness (QED) is 0.408. The first kappa shape index (κ1) is 16.0. The first-order chi connectivity index (χ1) is 9.13. The largest absolute Gasteiger partial charge is 0.396 e. The van der Waals surface area contributed by atoms with Gasteiger partial charge in [0.25, 0.3) is 0 Å². The average molecular weight is 310 g/mol. The second-order valence-corrected chi connectivity index (χ2v) is 5.48. The predicted molar refractivity (Wildman–Crippen MR) is 71.6 cm³/mol. The highest BCUT2D eigenvalue weighted by molar-refractivity contribution is 8.01. The molecule has 19 heavy (non-hydrogen) atoms. The molecule has 0 saturated heterocycles. The first-order valence-electron chi connectivity index (χ1n) is 5.54. The zero-order valence-electron chi connectivity index (χ0n) is 10.2. The van der Waals surface area contributed by atoms with Crippen molar-refractivity contribution in [1.29, 1.82) is 0 Å². The summed E-state index contributed by atoms with van der Waals surface area (Å²) in [6.07, 6.45) is -0.376. The van der Waals surface area contributed by atoms with Gasteiger partial charge in [-0.25, -0.2) is 9.37 Å². The zero-order valence-corrected chi connectivity index (χ0v) is 11.9. The number of thioether (sulfide) groups is 1. The minimum Gasteiger partial charge on any atom is -0.396 e. The van der Waals surface area contributed by atoms with Crippen molar-refractivity contribution in [2.24, 2.45) is 5.16 Å². The average Bonchev–Trinajstić information content (AvgIpc) is 2.82. The van der Waals surface area contributed by atoms with Crippen molar-refractivity contribution in [3.63, 3.8) is 0 Å². The summed E-state index contributed by atoms with van der Waals surface area (Å²) in [6.45, 7) is 2.35. The number of nitrogens with zero attached hydrogens (tertiary/aromatic N) is 2. The van der Waals surface area contributed by atoms with Crippen LogP contribution in [0.3, 0.4) is 0 Å². The van der Waals surface area contributed by atoms with Gasteiger partial charge in [0, 0.05) is 30.2 Å². The molecule has 1 aromatic heterocycles. The molecular weight excluding hydrogens is 297 g/mol. The van der Waals surface area contributed by atoms with Crippen LogP contribution < -0.4 is 0 Å². The van der Waals surface area contributed by atoms with Crippen LogP contribution in [0.25, 0.3) is 0 Å². The maximum atomic E-state index is 12.5. The number of hydrogen-bond donors (Lipinski definition) is 0. The minimum absolute atomic E-state index is 0.239. The SMILES string of the molecule is CCON=CCc1csc(SCCC(F)=C(F)F)n1. The van der Waals surface area contributed by atoms with E-state index >= 15 is 0 Å². The fraction of sp³-hybridized carbons (Fsp3) is 0.455. The van der Waals surface area contributed by atoms with Crippen molar-refractivity contribution >= 4 is 29.3 Å². The van der Waals surface area contributed by atoms with Crippen LogP contribution in [0.2, 0.25) is 0 Å². The summed E-state index contributed by atoms with van der Waals surface area (Å²) in [5, 5.41) is 5.54. The lowest BCUT2D eigenvalue weighted by atomic mass is 10.4. The molecule has 0 radical (unpaired) electrons. The standard InChI is InChI=1S/C11H13F3N2OS2/c1-2-17-15-5-3-8-7-19-11(16-8)18-6-4-9(12)10(13)14/h5,7H,2-4,6H2,1H3. The van der Waals surface area contributed by atoms with Crippen LogP contribution in [0.1, 0.15) is 19.0 Å². The van der Waals surface area contributed by atoms with Gasteiger partial charge in [-0.2, -0.15) is 8.78 Å². The second kappa shape index (κ2) is 8.98. The second-order valence-electron chi connectivity index (χ2n) is 3.28. The molecule has 0 aromatic carbocycles. The van der Waals surface area contributed by atoms with E-state index in [1.165, 1.54) is 23.1 Å². The summed E-state index contributed by atoms with van der Waals surface area (Å²) in [5.41, 5.74) is 0.823. The number of aromatic nitrogens is 1. The van der Waals surface area contributed by atoms with Crippen LogP contribution in [0, 0.1) is 0 Å². The highest BCUT2D eigenvalue weighted by atomic mass is 32.2. The Balaban J connectivity index is 2.33. The number of hydrogen-bond acceptors (Lipinski definition) is 5. The van der Waals surface area contributed by atoms with E-state index < -0.39 is 11.9 Å². The fourth-order valence-electron chi connectivity index (χ4n) is 1.03. The van der Waals surface area contributed by atoms with Crippen LogP contribution in [-0.2, 0) is 11.3 Å². The van der Waals surface area contributed by atoms with Crippen molar-refractivity contribution in [3.05, 3.63) is 23.0 Å². The third kappa shape index (κ3) is 6.63. The Morgan fingerprint density at radius 2 is 2.32 bits per heavy atom. The maximum Gasteiger partial charge on any atom is 0.301 e. The normalized spacial score (nSPS) is 10.9. The molecule has 0 amide bonds. The third-order valence-corrected chi connectivity index (χ3v) is 3.93. The van der Waals surface area contributed by atoms with Crippen LogP contribution in [0.15, 0.2) is 26.8 Å². The Morgan fingerprint density at radius 3 is 3.00 bits per heavy atom. The number of thiazole rings is 1. The number of allylic oxidation sites excluding steroid dienone is 1. The van der Waals surface area contributed by atoms with Crippen molar-refractivity contribution < 1.29 is 18.0 Å². The van der Waals surface area contributed by atoms with Gasteiger partial charge in [0.1, 0.15) is 10.9 Å². The maximum absolute atomic E-state index is 12.5. The van der Waals surface area contributed by atoms with Crippen LogP contribution in [-0.4, -0.2) is 23.6 Å². The Kier molecular flexibility index (Phi) is 7.57. The topological polar surface area (TPSA) is 34.5 Å². The summed E-state index contributed by atoms with van der Waals surface area (Å²) in [4.78, 5) is 9.06. The van der Waals surface area contributed by atoms with E-state index in [0.717, 1.165) is 10.0 Å². The van der Waals surface area contributed by atoms with Gasteiger partial charge in [-0.05, 0) is 6.92 Å². The molecule has 0 spiro atoms. The molecule has 0 bridgehead atoms. The van der Waals surface area contributed by atoms with Crippen molar-refractivity contribution in [2.75, 3.05) is 12.4 Å². The summed E-state index contributed by atoms with van der Waals surface area (Å²) in [7, 11) is 0. The molecule has 1 heterocycles. The Hall–Kier alpha value is -1.02. The van der Waals surface area contributed by atoms with E-state index in [-0.39, 0.29) is 12.2 Å². The van der Waals surface area contributed by atoms with Gasteiger partial charge < -0.3 is 4.84 Å². The molecule has 8 heteroatoms. The number of rotatable bonds is 8.